The molecule has 0 atom stereocenters. The number of tetrazole rings is 1. The second-order valence-corrected chi connectivity index (χ2v) is 9.89. The summed E-state index contributed by atoms with van der Waals surface area (Å²) < 4.78 is 6.30. The minimum Gasteiger partial charge on any atom is -0.453 e. The number of fused-ring (bicyclic) bond motifs is 4. The van der Waals surface area contributed by atoms with Crippen LogP contribution in [0, 0.1) is 0 Å². The van der Waals surface area contributed by atoms with E-state index in [2.05, 4.69) is 48.3 Å². The Kier molecular flexibility index (Phi) is 8.85. The predicted molar refractivity (Wildman–Crippen MR) is 157 cm³/mol. The van der Waals surface area contributed by atoms with Gasteiger partial charge in [0.05, 0.1) is 30.4 Å². The third-order valence-electron chi connectivity index (χ3n) is 6.59. The number of aromatic nitrogens is 6. The molecule has 12 heteroatoms. The van der Waals surface area contributed by atoms with Crippen molar-refractivity contribution in [1.29, 1.82) is 0 Å². The highest BCUT2D eigenvalue weighted by atomic mass is 35.5. The van der Waals surface area contributed by atoms with E-state index in [1.54, 1.807) is 36.5 Å². The van der Waals surface area contributed by atoms with E-state index in [9.17, 15) is 9.59 Å². The van der Waals surface area contributed by atoms with Gasteiger partial charge in [-0.2, -0.15) is 4.68 Å². The van der Waals surface area contributed by atoms with Crippen molar-refractivity contribution in [3.8, 4) is 16.9 Å². The van der Waals surface area contributed by atoms with Gasteiger partial charge in [-0.3, -0.25) is 10.1 Å². The van der Waals surface area contributed by atoms with Gasteiger partial charge in [0.15, 0.2) is 0 Å². The Morgan fingerprint density at radius 3 is 2.80 bits per heavy atom. The SMILES string of the molecule is COC(=O)Nc1cc2c(c(NC(=O)C=Cc3cc(Cl)ccc3-n3cnnn3)c1)-c1cnc([nH]1)CCC=CCCCC2. The first-order chi connectivity index (χ1) is 20.0. The van der Waals surface area contributed by atoms with E-state index >= 15 is 0 Å². The Morgan fingerprint density at radius 1 is 1.10 bits per heavy atom. The molecule has 2 bridgehead atoms. The molecule has 0 spiro atoms. The molecular weight excluding hydrogens is 544 g/mol. The second-order valence-electron chi connectivity index (χ2n) is 9.45. The molecule has 4 aromatic rings. The van der Waals surface area contributed by atoms with Crippen LogP contribution in [0.2, 0.25) is 5.02 Å². The number of benzene rings is 2. The number of methoxy groups -OCH3 is 1. The van der Waals surface area contributed by atoms with Crippen molar-refractivity contribution < 1.29 is 14.3 Å². The number of rotatable bonds is 5. The van der Waals surface area contributed by atoms with Crippen molar-refractivity contribution in [2.45, 2.75) is 38.5 Å². The number of anilines is 2. The normalized spacial score (nSPS) is 13.5. The number of carbonyl (C=O) groups is 2. The van der Waals surface area contributed by atoms with Gasteiger partial charge in [-0.05, 0) is 84.5 Å². The fourth-order valence-electron chi connectivity index (χ4n) is 4.69. The summed E-state index contributed by atoms with van der Waals surface area (Å²) in [5.74, 6) is 0.483. The zero-order chi connectivity index (χ0) is 28.6. The maximum absolute atomic E-state index is 13.3. The molecule has 2 amide bonds. The van der Waals surface area contributed by atoms with Crippen molar-refractivity contribution in [2.75, 3.05) is 17.7 Å². The number of aromatic amines is 1. The highest BCUT2D eigenvalue weighted by molar-refractivity contribution is 6.30. The maximum Gasteiger partial charge on any atom is 0.411 e. The fraction of sp³-hybridized carbons (Fsp3) is 0.241. The van der Waals surface area contributed by atoms with Gasteiger partial charge in [0.25, 0.3) is 0 Å². The molecule has 210 valence electrons. The Bertz CT molecular complexity index is 1590. The van der Waals surface area contributed by atoms with Crippen LogP contribution < -0.4 is 10.6 Å². The summed E-state index contributed by atoms with van der Waals surface area (Å²) >= 11 is 6.23. The molecule has 3 N–H and O–H groups in total. The molecule has 0 radical (unpaired) electrons. The van der Waals surface area contributed by atoms with Crippen LogP contribution in [-0.4, -0.2) is 49.3 Å². The summed E-state index contributed by atoms with van der Waals surface area (Å²) in [5, 5.41) is 17.6. The molecule has 0 saturated heterocycles. The minimum absolute atomic E-state index is 0.378. The summed E-state index contributed by atoms with van der Waals surface area (Å²) in [6, 6.07) is 8.84. The van der Waals surface area contributed by atoms with Gasteiger partial charge < -0.3 is 15.0 Å². The number of halogens is 1. The summed E-state index contributed by atoms with van der Waals surface area (Å²) in [6.07, 6.45) is 15.5. The van der Waals surface area contributed by atoms with E-state index in [1.165, 1.54) is 24.2 Å². The number of nitrogens with one attached hydrogen (secondary N) is 3. The van der Waals surface area contributed by atoms with Gasteiger partial charge in [-0.25, -0.2) is 9.78 Å². The largest absolute Gasteiger partial charge is 0.453 e. The van der Waals surface area contributed by atoms with Gasteiger partial charge >= 0.3 is 6.09 Å². The topological polar surface area (TPSA) is 140 Å². The van der Waals surface area contributed by atoms with E-state index in [1.807, 2.05) is 6.07 Å². The molecule has 3 heterocycles. The molecule has 0 saturated carbocycles. The zero-order valence-corrected chi connectivity index (χ0v) is 23.2. The summed E-state index contributed by atoms with van der Waals surface area (Å²) in [5.41, 5.74) is 4.93. The van der Waals surface area contributed by atoms with E-state index in [0.717, 1.165) is 61.2 Å². The second kappa shape index (κ2) is 13.1. The van der Waals surface area contributed by atoms with Crippen molar-refractivity contribution in [1.82, 2.24) is 30.2 Å². The van der Waals surface area contributed by atoms with Crippen molar-refractivity contribution >= 4 is 41.1 Å². The lowest BCUT2D eigenvalue weighted by Gasteiger charge is -2.17. The number of allylic oxidation sites excluding steroid dienone is 2. The number of nitrogens with zero attached hydrogens (tertiary/aromatic N) is 5. The number of hydrogen-bond donors (Lipinski definition) is 3. The van der Waals surface area contributed by atoms with E-state index in [4.69, 9.17) is 16.3 Å². The molecule has 2 aromatic heterocycles. The lowest BCUT2D eigenvalue weighted by Crippen LogP contribution is -2.14. The Balaban J connectivity index is 1.51. The number of ether oxygens (including phenoxy) is 1. The van der Waals surface area contributed by atoms with E-state index in [-0.39, 0.29) is 5.91 Å². The summed E-state index contributed by atoms with van der Waals surface area (Å²) in [7, 11) is 1.30. The van der Waals surface area contributed by atoms with Gasteiger partial charge in [-0.15, -0.1) is 5.10 Å². The first kappa shape index (κ1) is 27.8. The van der Waals surface area contributed by atoms with Crippen LogP contribution in [-0.2, 0) is 22.4 Å². The van der Waals surface area contributed by atoms with Crippen LogP contribution in [0.5, 0.6) is 0 Å². The fourth-order valence-corrected chi connectivity index (χ4v) is 4.87. The Morgan fingerprint density at radius 2 is 1.98 bits per heavy atom. The molecular formula is C29H29ClN8O3. The zero-order valence-electron chi connectivity index (χ0n) is 22.4. The number of aryl methyl sites for hydroxylation is 2. The maximum atomic E-state index is 13.3. The summed E-state index contributed by atoms with van der Waals surface area (Å²) in [6.45, 7) is 0. The number of amides is 2. The Labute approximate surface area is 241 Å². The van der Waals surface area contributed by atoms with E-state index in [0.29, 0.717) is 27.6 Å². The number of imidazole rings is 1. The predicted octanol–water partition coefficient (Wildman–Crippen LogP) is 5.75. The van der Waals surface area contributed by atoms with Gasteiger partial charge in [-0.1, -0.05) is 23.8 Å². The highest BCUT2D eigenvalue weighted by Gasteiger charge is 2.18. The van der Waals surface area contributed by atoms with Crippen LogP contribution in [0.15, 0.2) is 61.1 Å². The van der Waals surface area contributed by atoms with Crippen molar-refractivity contribution in [3.63, 3.8) is 0 Å². The first-order valence-corrected chi connectivity index (χ1v) is 13.6. The molecule has 5 rings (SSSR count). The van der Waals surface area contributed by atoms with Crippen LogP contribution in [0.4, 0.5) is 16.2 Å². The van der Waals surface area contributed by atoms with Crippen LogP contribution in [0.1, 0.15) is 42.6 Å². The lowest BCUT2D eigenvalue weighted by molar-refractivity contribution is -0.111. The lowest BCUT2D eigenvalue weighted by atomic mass is 9.96. The minimum atomic E-state index is -0.600. The molecule has 2 aromatic carbocycles. The molecule has 41 heavy (non-hydrogen) atoms. The van der Waals surface area contributed by atoms with Crippen LogP contribution in [0.25, 0.3) is 23.0 Å². The summed E-state index contributed by atoms with van der Waals surface area (Å²) in [4.78, 5) is 33.4. The highest BCUT2D eigenvalue weighted by Crippen LogP contribution is 2.35. The first-order valence-electron chi connectivity index (χ1n) is 13.2. The average Bonchev–Trinajstić information content (AvgIpc) is 3.66. The quantitative estimate of drug-likeness (QED) is 0.204. The van der Waals surface area contributed by atoms with Crippen LogP contribution >= 0.6 is 11.6 Å². The Hall–Kier alpha value is -4.77. The van der Waals surface area contributed by atoms with Gasteiger partial charge in [0.2, 0.25) is 5.91 Å². The van der Waals surface area contributed by atoms with Crippen molar-refractivity contribution in [3.05, 3.63) is 83.1 Å². The standard InChI is InChI=1S/C29H29ClN8O3/c1-41-29(40)33-22-15-20-8-6-4-2-3-5-7-9-26-31-17-24(34-26)28(20)23(16-22)35-27(39)13-10-19-14-21(30)11-12-25(19)38-18-32-36-37-38/h3,5,10-18H,2,4,6-9H2,1H3,(H,31,34)(H,33,40)(H,35,39). The molecule has 0 unspecified atom stereocenters. The monoisotopic (exact) mass is 572 g/mol. The van der Waals surface area contributed by atoms with Crippen molar-refractivity contribution in [2.24, 2.45) is 0 Å². The van der Waals surface area contributed by atoms with Crippen LogP contribution in [0.3, 0.4) is 0 Å². The van der Waals surface area contributed by atoms with Gasteiger partial charge in [0, 0.05) is 34.3 Å². The third kappa shape index (κ3) is 7.06. The molecule has 0 fully saturated rings. The molecule has 1 aliphatic rings. The third-order valence-corrected chi connectivity index (χ3v) is 6.82. The van der Waals surface area contributed by atoms with Gasteiger partial charge in [0.1, 0.15) is 12.2 Å². The average molecular weight is 573 g/mol. The van der Waals surface area contributed by atoms with E-state index < -0.39 is 6.09 Å². The molecule has 1 aliphatic heterocycles. The smallest absolute Gasteiger partial charge is 0.411 e. The molecule has 0 aliphatic carbocycles. The number of hydrogen-bond acceptors (Lipinski definition) is 7. The number of carbonyl (C=O) groups excluding carboxylic acids is 2. The number of H-pyrrole nitrogens is 1. The molecule has 11 nitrogen and oxygen atoms in total.